The minimum absolute atomic E-state index is 0. The Morgan fingerprint density at radius 2 is 1.14 bits per heavy atom. The molecule has 0 spiro atoms. The molecule has 0 rings (SSSR count). The van der Waals surface area contributed by atoms with Crippen molar-refractivity contribution in [1.82, 2.24) is 0 Å². The minimum atomic E-state index is -1.83. The Hall–Kier alpha value is -0.187. The average Bonchev–Trinajstić information content (AvgIpc) is 0.811. The van der Waals surface area contributed by atoms with Gasteiger partial charge in [0, 0.05) is 19.5 Å². The van der Waals surface area contributed by atoms with Crippen LogP contribution in [0.3, 0.4) is 0 Å². The Morgan fingerprint density at radius 3 is 1.14 bits per heavy atom. The van der Waals surface area contributed by atoms with E-state index in [4.69, 9.17) is 15.0 Å². The normalized spacial score (nSPS) is 3.43. The molecule has 0 aromatic heterocycles. The molecule has 0 radical (unpaired) electrons. The number of rotatable bonds is 0. The number of hydrogen-bond acceptors (Lipinski definition) is 1. The van der Waals surface area contributed by atoms with Crippen LogP contribution in [0.5, 0.6) is 0 Å². The van der Waals surface area contributed by atoms with E-state index >= 15 is 0 Å². The van der Waals surface area contributed by atoms with Gasteiger partial charge in [0.25, 0.3) is 0 Å². The standard InChI is InChI=1S/CH2O3.2H2O.Zn/c2-1(3)4;;;/h(H2,2,3,4);2*1H2;. The first kappa shape index (κ1) is 29.1. The van der Waals surface area contributed by atoms with E-state index in [1.807, 2.05) is 0 Å². The van der Waals surface area contributed by atoms with Gasteiger partial charge in [0.2, 0.25) is 0 Å². The third-order valence-corrected chi connectivity index (χ3v) is 0. The van der Waals surface area contributed by atoms with Crippen LogP contribution < -0.4 is 0 Å². The van der Waals surface area contributed by atoms with E-state index < -0.39 is 6.16 Å². The molecule has 0 saturated carbocycles. The Labute approximate surface area is 52.3 Å². The first-order valence-electron chi connectivity index (χ1n) is 0.651. The first-order valence-corrected chi connectivity index (χ1v) is 0.651. The zero-order chi connectivity index (χ0) is 3.58. The zero-order valence-electron chi connectivity index (χ0n) is 3.51. The van der Waals surface area contributed by atoms with Gasteiger partial charge in [-0.1, -0.05) is 0 Å². The van der Waals surface area contributed by atoms with Crippen molar-refractivity contribution in [2.45, 2.75) is 0 Å². The largest absolute Gasteiger partial charge is 0.503 e. The summed E-state index contributed by atoms with van der Waals surface area (Å²) in [5.74, 6) is 0. The molecule has 0 aliphatic carbocycles. The summed E-state index contributed by atoms with van der Waals surface area (Å²) in [6.45, 7) is 0. The van der Waals surface area contributed by atoms with E-state index in [2.05, 4.69) is 0 Å². The summed E-state index contributed by atoms with van der Waals surface area (Å²) >= 11 is 0. The van der Waals surface area contributed by atoms with Crippen LogP contribution in [0.25, 0.3) is 0 Å². The molecule has 0 bridgehead atoms. The van der Waals surface area contributed by atoms with E-state index in [9.17, 15) is 0 Å². The molecule has 0 saturated heterocycles. The maximum atomic E-state index is 8.56. The van der Waals surface area contributed by atoms with Gasteiger partial charge in [-0.2, -0.15) is 0 Å². The monoisotopic (exact) mass is 162 g/mol. The van der Waals surface area contributed by atoms with Crippen LogP contribution >= 0.6 is 0 Å². The van der Waals surface area contributed by atoms with Crippen LogP contribution in [0.4, 0.5) is 4.79 Å². The Bertz CT molecular complexity index is 31.1. The maximum Gasteiger partial charge on any atom is 0.503 e. The van der Waals surface area contributed by atoms with Crippen LogP contribution in [0.15, 0.2) is 0 Å². The summed E-state index contributed by atoms with van der Waals surface area (Å²) in [7, 11) is 0. The minimum Gasteiger partial charge on any atom is -0.450 e. The fourth-order valence-corrected chi connectivity index (χ4v) is 0. The summed E-state index contributed by atoms with van der Waals surface area (Å²) in [5, 5.41) is 13.9. The van der Waals surface area contributed by atoms with Crippen molar-refractivity contribution in [2.24, 2.45) is 0 Å². The molecule has 42 valence electrons. The molecule has 6 heteroatoms. The third kappa shape index (κ3) is 2430. The second-order valence-corrected chi connectivity index (χ2v) is 0.283. The van der Waals surface area contributed by atoms with E-state index in [0.717, 1.165) is 0 Å². The van der Waals surface area contributed by atoms with Gasteiger partial charge in [-0.15, -0.1) is 0 Å². The van der Waals surface area contributed by atoms with Gasteiger partial charge in [0.1, 0.15) is 0 Å². The quantitative estimate of drug-likeness (QED) is 0.426. The Morgan fingerprint density at radius 1 is 1.14 bits per heavy atom. The van der Waals surface area contributed by atoms with Crippen molar-refractivity contribution < 1.29 is 45.4 Å². The summed E-state index contributed by atoms with van der Waals surface area (Å²) < 4.78 is 0. The first-order chi connectivity index (χ1) is 1.73. The van der Waals surface area contributed by atoms with Crippen molar-refractivity contribution in [3.05, 3.63) is 0 Å². The molecule has 0 atom stereocenters. The molecule has 0 fully saturated rings. The van der Waals surface area contributed by atoms with Gasteiger partial charge in [-0.25, -0.2) is 4.79 Å². The van der Waals surface area contributed by atoms with Crippen molar-refractivity contribution in [1.29, 1.82) is 0 Å². The summed E-state index contributed by atoms with van der Waals surface area (Å²) in [5.41, 5.74) is 0. The van der Waals surface area contributed by atoms with Gasteiger partial charge >= 0.3 is 6.16 Å². The van der Waals surface area contributed by atoms with Crippen molar-refractivity contribution in [3.8, 4) is 0 Å². The molecule has 7 heavy (non-hydrogen) atoms. The Balaban J connectivity index is -0.0000000150. The molecule has 0 unspecified atom stereocenters. The van der Waals surface area contributed by atoms with Crippen LogP contribution in [-0.2, 0) is 19.5 Å². The molecule has 0 amide bonds. The molecule has 0 heterocycles. The molecule has 5 nitrogen and oxygen atoms in total. The predicted molar refractivity (Wildman–Crippen MR) is 17.9 cm³/mol. The van der Waals surface area contributed by atoms with E-state index in [0.29, 0.717) is 0 Å². The average molecular weight is 163 g/mol. The van der Waals surface area contributed by atoms with Crippen molar-refractivity contribution in [2.75, 3.05) is 0 Å². The topological polar surface area (TPSA) is 121 Å². The molecule has 0 aliphatic rings. The number of hydrogen-bond donors (Lipinski definition) is 2. The zero-order valence-corrected chi connectivity index (χ0v) is 6.48. The van der Waals surface area contributed by atoms with Gasteiger partial charge in [-0.3, -0.25) is 0 Å². The second kappa shape index (κ2) is 17.0. The van der Waals surface area contributed by atoms with E-state index in [-0.39, 0.29) is 30.4 Å². The van der Waals surface area contributed by atoms with Gasteiger partial charge in [0.05, 0.1) is 0 Å². The molecule has 6 N–H and O–H groups in total. The van der Waals surface area contributed by atoms with Crippen LogP contribution in [0, 0.1) is 0 Å². The second-order valence-electron chi connectivity index (χ2n) is 0.283. The van der Waals surface area contributed by atoms with Gasteiger partial charge in [0.15, 0.2) is 0 Å². The number of carbonyl (C=O) groups is 1. The summed E-state index contributed by atoms with van der Waals surface area (Å²) in [6, 6.07) is 0. The van der Waals surface area contributed by atoms with Crippen molar-refractivity contribution in [3.63, 3.8) is 0 Å². The number of carboxylic acid groups (broad SMARTS) is 2. The molecular formula is CH6O5Zn. The van der Waals surface area contributed by atoms with E-state index in [1.165, 1.54) is 0 Å². The predicted octanol–water partition coefficient (Wildman–Crippen LogP) is -1.43. The van der Waals surface area contributed by atoms with Crippen LogP contribution in [0.2, 0.25) is 0 Å². The van der Waals surface area contributed by atoms with Crippen molar-refractivity contribution >= 4 is 6.16 Å². The van der Waals surface area contributed by atoms with Crippen LogP contribution in [0.1, 0.15) is 0 Å². The van der Waals surface area contributed by atoms with Crippen LogP contribution in [-0.4, -0.2) is 27.3 Å². The maximum absolute atomic E-state index is 8.56. The molecular weight excluding hydrogens is 157 g/mol. The fraction of sp³-hybridized carbons (Fsp3) is 0. The fourth-order valence-electron chi connectivity index (χ4n) is 0. The van der Waals surface area contributed by atoms with E-state index in [1.54, 1.807) is 0 Å². The molecule has 0 aliphatic heterocycles. The molecule has 0 aromatic rings. The Kier molecular flexibility index (Phi) is 70.7. The van der Waals surface area contributed by atoms with Gasteiger partial charge in [-0.05, 0) is 0 Å². The SMILES string of the molecule is O.O.O=C(O)O.[Zn]. The van der Waals surface area contributed by atoms with Gasteiger partial charge < -0.3 is 21.2 Å². The summed E-state index contributed by atoms with van der Waals surface area (Å²) in [6.07, 6.45) is -1.83. The molecule has 0 aromatic carbocycles. The summed E-state index contributed by atoms with van der Waals surface area (Å²) in [4.78, 5) is 8.56. The smallest absolute Gasteiger partial charge is 0.450 e. The third-order valence-electron chi connectivity index (χ3n) is 0.